The van der Waals surface area contributed by atoms with Crippen LogP contribution < -0.4 is 5.32 Å². The van der Waals surface area contributed by atoms with Crippen molar-refractivity contribution in [2.45, 2.75) is 25.4 Å². The molecule has 2 fully saturated rings. The van der Waals surface area contributed by atoms with Gasteiger partial charge in [-0.1, -0.05) is 0 Å². The fourth-order valence-corrected chi connectivity index (χ4v) is 2.38. The number of nitrogens with one attached hydrogen (secondary N) is 1. The summed E-state index contributed by atoms with van der Waals surface area (Å²) in [4.78, 5) is 26.1. The number of piperazine rings is 1. The Kier molecular flexibility index (Phi) is 3.00. The van der Waals surface area contributed by atoms with E-state index in [0.717, 1.165) is 19.6 Å². The third-order valence-corrected chi connectivity index (χ3v) is 3.25. The quantitative estimate of drug-likeness (QED) is 0.685. The molecular formula is C10H17N3O3. The molecular weight excluding hydrogens is 210 g/mol. The molecule has 2 N–H and O–H groups in total. The second-order valence-electron chi connectivity index (χ2n) is 4.43. The van der Waals surface area contributed by atoms with E-state index < -0.39 is 5.97 Å². The van der Waals surface area contributed by atoms with Gasteiger partial charge in [-0.25, -0.2) is 4.79 Å². The summed E-state index contributed by atoms with van der Waals surface area (Å²) in [7, 11) is 0. The van der Waals surface area contributed by atoms with E-state index in [1.807, 2.05) is 4.90 Å². The lowest BCUT2D eigenvalue weighted by molar-refractivity contribution is -0.137. The Morgan fingerprint density at radius 1 is 1.69 bits per heavy atom. The first kappa shape index (κ1) is 11.2. The maximum atomic E-state index is 12.0. The summed E-state index contributed by atoms with van der Waals surface area (Å²) in [5.41, 5.74) is 0. The third kappa shape index (κ3) is 1.97. The fraction of sp³-hybridized carbons (Fsp3) is 0.800. The molecule has 2 rings (SSSR count). The van der Waals surface area contributed by atoms with Crippen molar-refractivity contribution in [2.75, 3.05) is 26.2 Å². The number of amides is 2. The first-order valence-electron chi connectivity index (χ1n) is 5.59. The van der Waals surface area contributed by atoms with Crippen LogP contribution in [0.1, 0.15) is 13.3 Å². The SMILES string of the molecule is CC(CC(=O)O)N1C[C@@H]2CNCCN2C1=O. The molecule has 0 bridgehead atoms. The normalized spacial score (nSPS) is 26.8. The third-order valence-electron chi connectivity index (χ3n) is 3.25. The number of hydrogen-bond acceptors (Lipinski definition) is 3. The van der Waals surface area contributed by atoms with Gasteiger partial charge in [0.25, 0.3) is 0 Å². The minimum atomic E-state index is -0.858. The summed E-state index contributed by atoms with van der Waals surface area (Å²) in [6.07, 6.45) is 0.0136. The predicted molar refractivity (Wildman–Crippen MR) is 57.2 cm³/mol. The average molecular weight is 227 g/mol. The minimum Gasteiger partial charge on any atom is -0.481 e. The van der Waals surface area contributed by atoms with Gasteiger partial charge in [0, 0.05) is 32.2 Å². The number of carbonyl (C=O) groups is 2. The van der Waals surface area contributed by atoms with Gasteiger partial charge < -0.3 is 20.2 Å². The maximum absolute atomic E-state index is 12.0. The van der Waals surface area contributed by atoms with Gasteiger partial charge in [0.05, 0.1) is 12.5 Å². The van der Waals surface area contributed by atoms with Crippen LogP contribution in [0.25, 0.3) is 0 Å². The van der Waals surface area contributed by atoms with Gasteiger partial charge in [-0.3, -0.25) is 4.79 Å². The van der Waals surface area contributed by atoms with Gasteiger partial charge in [0.1, 0.15) is 0 Å². The summed E-state index contributed by atoms with van der Waals surface area (Å²) in [6, 6.07) is -0.0339. The van der Waals surface area contributed by atoms with Gasteiger partial charge in [0.2, 0.25) is 0 Å². The zero-order chi connectivity index (χ0) is 11.7. The number of urea groups is 1. The van der Waals surface area contributed by atoms with Crippen molar-refractivity contribution < 1.29 is 14.7 Å². The van der Waals surface area contributed by atoms with Crippen LogP contribution in [0.4, 0.5) is 4.79 Å². The molecule has 2 aliphatic rings. The summed E-state index contributed by atoms with van der Waals surface area (Å²) in [5, 5.41) is 12.0. The molecule has 0 aromatic rings. The van der Waals surface area contributed by atoms with Gasteiger partial charge in [-0.2, -0.15) is 0 Å². The molecule has 16 heavy (non-hydrogen) atoms. The molecule has 2 saturated heterocycles. The molecule has 0 radical (unpaired) electrons. The highest BCUT2D eigenvalue weighted by molar-refractivity contribution is 5.78. The van der Waals surface area contributed by atoms with Crippen molar-refractivity contribution in [1.29, 1.82) is 0 Å². The number of rotatable bonds is 3. The van der Waals surface area contributed by atoms with Crippen LogP contribution in [0, 0.1) is 0 Å². The molecule has 2 amide bonds. The molecule has 2 heterocycles. The lowest BCUT2D eigenvalue weighted by atomic mass is 10.2. The minimum absolute atomic E-state index is 0.0136. The molecule has 2 atom stereocenters. The number of hydrogen-bond donors (Lipinski definition) is 2. The summed E-state index contributed by atoms with van der Waals surface area (Å²) < 4.78 is 0. The average Bonchev–Trinajstić information content (AvgIpc) is 2.56. The van der Waals surface area contributed by atoms with E-state index in [2.05, 4.69) is 5.32 Å². The molecule has 0 saturated carbocycles. The van der Waals surface area contributed by atoms with E-state index in [1.54, 1.807) is 11.8 Å². The lowest BCUT2D eigenvalue weighted by Gasteiger charge is -2.28. The zero-order valence-electron chi connectivity index (χ0n) is 9.35. The Morgan fingerprint density at radius 2 is 2.44 bits per heavy atom. The highest BCUT2D eigenvalue weighted by Gasteiger charge is 2.40. The Hall–Kier alpha value is -1.30. The highest BCUT2D eigenvalue weighted by atomic mass is 16.4. The van der Waals surface area contributed by atoms with Gasteiger partial charge in [0.15, 0.2) is 0 Å². The first-order valence-corrected chi connectivity index (χ1v) is 5.59. The van der Waals surface area contributed by atoms with E-state index in [-0.39, 0.29) is 24.5 Å². The monoisotopic (exact) mass is 227 g/mol. The van der Waals surface area contributed by atoms with Crippen LogP contribution in [0.3, 0.4) is 0 Å². The van der Waals surface area contributed by atoms with Crippen molar-refractivity contribution in [3.8, 4) is 0 Å². The molecule has 6 nitrogen and oxygen atoms in total. The highest BCUT2D eigenvalue weighted by Crippen LogP contribution is 2.20. The van der Waals surface area contributed by atoms with E-state index in [0.29, 0.717) is 6.54 Å². The second-order valence-corrected chi connectivity index (χ2v) is 4.43. The van der Waals surface area contributed by atoms with E-state index >= 15 is 0 Å². The molecule has 6 heteroatoms. The summed E-state index contributed by atoms with van der Waals surface area (Å²) in [6.45, 7) is 4.78. The Bertz CT molecular complexity index is 308. The van der Waals surface area contributed by atoms with E-state index in [1.165, 1.54) is 0 Å². The van der Waals surface area contributed by atoms with Gasteiger partial charge in [-0.05, 0) is 6.92 Å². The van der Waals surface area contributed by atoms with Crippen LogP contribution >= 0.6 is 0 Å². The summed E-state index contributed by atoms with van der Waals surface area (Å²) >= 11 is 0. The van der Waals surface area contributed by atoms with Crippen molar-refractivity contribution in [3.63, 3.8) is 0 Å². The standard InChI is InChI=1S/C10H17N3O3/c1-7(4-9(14)15)13-6-8-5-11-2-3-12(8)10(13)16/h7-8,11H,2-6H2,1H3,(H,14,15)/t7?,8-/m0/s1. The molecule has 0 spiro atoms. The summed E-state index contributed by atoms with van der Waals surface area (Å²) in [5.74, 6) is -0.858. The topological polar surface area (TPSA) is 72.9 Å². The lowest BCUT2D eigenvalue weighted by Crippen LogP contribution is -2.50. The number of nitrogens with zero attached hydrogens (tertiary/aromatic N) is 2. The second kappa shape index (κ2) is 4.29. The molecule has 0 aromatic heterocycles. The van der Waals surface area contributed by atoms with Crippen LogP contribution in [0.15, 0.2) is 0 Å². The van der Waals surface area contributed by atoms with Crippen molar-refractivity contribution >= 4 is 12.0 Å². The number of carbonyl (C=O) groups excluding carboxylic acids is 1. The number of aliphatic carboxylic acids is 1. The van der Waals surface area contributed by atoms with Crippen LogP contribution in [0.2, 0.25) is 0 Å². The van der Waals surface area contributed by atoms with Crippen molar-refractivity contribution in [1.82, 2.24) is 15.1 Å². The fourth-order valence-electron chi connectivity index (χ4n) is 2.38. The van der Waals surface area contributed by atoms with Crippen LogP contribution in [0.5, 0.6) is 0 Å². The molecule has 1 unspecified atom stereocenters. The van der Waals surface area contributed by atoms with E-state index in [4.69, 9.17) is 5.11 Å². The molecule has 0 aromatic carbocycles. The van der Waals surface area contributed by atoms with Gasteiger partial charge in [-0.15, -0.1) is 0 Å². The Morgan fingerprint density at radius 3 is 3.06 bits per heavy atom. The largest absolute Gasteiger partial charge is 0.481 e. The Balaban J connectivity index is 2.01. The van der Waals surface area contributed by atoms with Crippen LogP contribution in [-0.2, 0) is 4.79 Å². The van der Waals surface area contributed by atoms with E-state index in [9.17, 15) is 9.59 Å². The maximum Gasteiger partial charge on any atom is 0.320 e. The van der Waals surface area contributed by atoms with Crippen molar-refractivity contribution in [3.05, 3.63) is 0 Å². The number of carboxylic acid groups (broad SMARTS) is 1. The predicted octanol–water partition coefficient (Wildman–Crippen LogP) is -0.441. The first-order chi connectivity index (χ1) is 7.59. The smallest absolute Gasteiger partial charge is 0.320 e. The molecule has 90 valence electrons. The Labute approximate surface area is 94.2 Å². The molecule has 0 aliphatic carbocycles. The number of carboxylic acids is 1. The number of fused-ring (bicyclic) bond motifs is 1. The van der Waals surface area contributed by atoms with Gasteiger partial charge >= 0.3 is 12.0 Å². The zero-order valence-corrected chi connectivity index (χ0v) is 9.35. The molecule has 2 aliphatic heterocycles. The van der Waals surface area contributed by atoms with Crippen LogP contribution in [-0.4, -0.2) is 65.2 Å². The van der Waals surface area contributed by atoms with Crippen molar-refractivity contribution in [2.24, 2.45) is 0 Å².